The Labute approximate surface area is 86.1 Å². The fourth-order valence-electron chi connectivity index (χ4n) is 2.67. The van der Waals surface area contributed by atoms with Gasteiger partial charge in [-0.2, -0.15) is 0 Å². The number of carboxylic acid groups (broad SMARTS) is 1. The van der Waals surface area contributed by atoms with Gasteiger partial charge >= 0.3 is 6.09 Å². The van der Waals surface area contributed by atoms with E-state index < -0.39 is 6.09 Å². The van der Waals surface area contributed by atoms with Gasteiger partial charge in [0, 0.05) is 12.6 Å². The number of hydrogen-bond donors (Lipinski definition) is 1. The molecule has 1 aliphatic heterocycles. The van der Waals surface area contributed by atoms with Crippen LogP contribution in [0.2, 0.25) is 0 Å². The van der Waals surface area contributed by atoms with E-state index in [-0.39, 0.29) is 11.5 Å². The zero-order chi connectivity index (χ0) is 10.9. The lowest BCUT2D eigenvalue weighted by molar-refractivity contribution is 0.0903. The maximum atomic E-state index is 11.0. The largest absolute Gasteiger partial charge is 0.465 e. The summed E-state index contributed by atoms with van der Waals surface area (Å²) in [5.41, 5.74) is 0.0512. The Bertz CT molecular complexity index is 220. The molecule has 14 heavy (non-hydrogen) atoms. The fourth-order valence-corrected chi connectivity index (χ4v) is 2.67. The van der Waals surface area contributed by atoms with Crippen molar-refractivity contribution < 1.29 is 9.90 Å². The molecule has 2 atom stereocenters. The van der Waals surface area contributed by atoms with Crippen molar-refractivity contribution in [3.63, 3.8) is 0 Å². The van der Waals surface area contributed by atoms with Gasteiger partial charge in [0.2, 0.25) is 0 Å². The molecule has 0 saturated carbocycles. The SMILES string of the molecule is CCC1CCN(C(=O)O)C1C(C)(C)C. The van der Waals surface area contributed by atoms with Gasteiger partial charge in [-0.15, -0.1) is 0 Å². The van der Waals surface area contributed by atoms with E-state index in [0.29, 0.717) is 12.5 Å². The highest BCUT2D eigenvalue weighted by molar-refractivity contribution is 5.66. The van der Waals surface area contributed by atoms with Gasteiger partial charge in [0.25, 0.3) is 0 Å². The zero-order valence-electron chi connectivity index (χ0n) is 9.58. The van der Waals surface area contributed by atoms with Crippen LogP contribution in [0.15, 0.2) is 0 Å². The molecule has 1 fully saturated rings. The normalized spacial score (nSPS) is 28.1. The predicted molar refractivity (Wildman–Crippen MR) is 56.4 cm³/mol. The Balaban J connectivity index is 2.86. The van der Waals surface area contributed by atoms with Crippen molar-refractivity contribution in [1.82, 2.24) is 4.90 Å². The first-order valence-electron chi connectivity index (χ1n) is 5.37. The maximum Gasteiger partial charge on any atom is 0.407 e. The zero-order valence-corrected chi connectivity index (χ0v) is 9.58. The second-order valence-corrected chi connectivity index (χ2v) is 5.24. The average molecular weight is 199 g/mol. The molecule has 0 radical (unpaired) electrons. The van der Waals surface area contributed by atoms with Gasteiger partial charge in [-0.1, -0.05) is 34.1 Å². The Morgan fingerprint density at radius 1 is 1.50 bits per heavy atom. The second-order valence-electron chi connectivity index (χ2n) is 5.24. The van der Waals surface area contributed by atoms with E-state index in [1.165, 1.54) is 0 Å². The maximum absolute atomic E-state index is 11.0. The third-order valence-corrected chi connectivity index (χ3v) is 3.18. The first-order valence-corrected chi connectivity index (χ1v) is 5.37. The van der Waals surface area contributed by atoms with Gasteiger partial charge < -0.3 is 10.0 Å². The number of amides is 1. The Hall–Kier alpha value is -0.730. The molecule has 1 amide bonds. The summed E-state index contributed by atoms with van der Waals surface area (Å²) in [5.74, 6) is 0.533. The number of carbonyl (C=O) groups is 1. The van der Waals surface area contributed by atoms with Crippen molar-refractivity contribution in [2.75, 3.05) is 6.54 Å². The van der Waals surface area contributed by atoms with E-state index in [0.717, 1.165) is 12.8 Å². The van der Waals surface area contributed by atoms with Crippen LogP contribution in [-0.4, -0.2) is 28.7 Å². The molecule has 1 heterocycles. The lowest BCUT2D eigenvalue weighted by Crippen LogP contribution is -2.45. The molecular weight excluding hydrogens is 178 g/mol. The highest BCUT2D eigenvalue weighted by Crippen LogP contribution is 2.38. The van der Waals surface area contributed by atoms with Crippen LogP contribution >= 0.6 is 0 Å². The minimum Gasteiger partial charge on any atom is -0.465 e. The molecule has 0 aromatic rings. The summed E-state index contributed by atoms with van der Waals surface area (Å²) in [6.07, 6.45) is 1.33. The minimum absolute atomic E-state index is 0.0512. The van der Waals surface area contributed by atoms with Gasteiger partial charge in [-0.05, 0) is 17.8 Å². The van der Waals surface area contributed by atoms with Crippen LogP contribution in [0.4, 0.5) is 4.79 Å². The summed E-state index contributed by atoms with van der Waals surface area (Å²) < 4.78 is 0. The number of likely N-dealkylation sites (tertiary alicyclic amines) is 1. The Morgan fingerprint density at radius 3 is 2.43 bits per heavy atom. The molecule has 1 rings (SSSR count). The summed E-state index contributed by atoms with van der Waals surface area (Å²) >= 11 is 0. The van der Waals surface area contributed by atoms with Crippen molar-refractivity contribution in [2.45, 2.75) is 46.6 Å². The summed E-state index contributed by atoms with van der Waals surface area (Å²) in [7, 11) is 0. The van der Waals surface area contributed by atoms with E-state index in [9.17, 15) is 4.79 Å². The first-order chi connectivity index (χ1) is 6.38. The van der Waals surface area contributed by atoms with Gasteiger partial charge in [-0.3, -0.25) is 0 Å². The molecule has 0 aliphatic carbocycles. The van der Waals surface area contributed by atoms with E-state index in [2.05, 4.69) is 27.7 Å². The highest BCUT2D eigenvalue weighted by atomic mass is 16.4. The lowest BCUT2D eigenvalue weighted by Gasteiger charge is -2.36. The minimum atomic E-state index is -0.763. The number of nitrogens with zero attached hydrogens (tertiary/aromatic N) is 1. The summed E-state index contributed by atoms with van der Waals surface area (Å²) in [5, 5.41) is 9.09. The number of hydrogen-bond acceptors (Lipinski definition) is 1. The van der Waals surface area contributed by atoms with E-state index in [1.807, 2.05) is 0 Å². The molecule has 82 valence electrons. The third-order valence-electron chi connectivity index (χ3n) is 3.18. The Morgan fingerprint density at radius 2 is 2.07 bits per heavy atom. The van der Waals surface area contributed by atoms with Crippen LogP contribution in [-0.2, 0) is 0 Å². The van der Waals surface area contributed by atoms with E-state index in [1.54, 1.807) is 4.90 Å². The molecule has 1 N–H and O–H groups in total. The average Bonchev–Trinajstić information content (AvgIpc) is 2.45. The summed E-state index contributed by atoms with van der Waals surface area (Å²) in [4.78, 5) is 12.7. The van der Waals surface area contributed by atoms with E-state index >= 15 is 0 Å². The van der Waals surface area contributed by atoms with Crippen molar-refractivity contribution in [1.29, 1.82) is 0 Å². The molecule has 0 spiro atoms. The van der Waals surface area contributed by atoms with Crippen molar-refractivity contribution >= 4 is 6.09 Å². The van der Waals surface area contributed by atoms with Crippen LogP contribution in [0.5, 0.6) is 0 Å². The standard InChI is InChI=1S/C11H21NO2/c1-5-8-6-7-12(10(13)14)9(8)11(2,3)4/h8-9H,5-7H2,1-4H3,(H,13,14). The molecule has 3 nitrogen and oxygen atoms in total. The van der Waals surface area contributed by atoms with Crippen LogP contribution in [0.1, 0.15) is 40.5 Å². The van der Waals surface area contributed by atoms with Gasteiger partial charge in [-0.25, -0.2) is 4.79 Å². The van der Waals surface area contributed by atoms with Gasteiger partial charge in [0.15, 0.2) is 0 Å². The summed E-state index contributed by atoms with van der Waals surface area (Å²) in [6.45, 7) is 9.23. The summed E-state index contributed by atoms with van der Waals surface area (Å²) in [6, 6.07) is 0.185. The predicted octanol–water partition coefficient (Wildman–Crippen LogP) is 2.81. The molecule has 2 unspecified atom stereocenters. The molecule has 0 aromatic heterocycles. The Kier molecular flexibility index (Phi) is 3.07. The lowest BCUT2D eigenvalue weighted by atomic mass is 9.78. The molecule has 1 saturated heterocycles. The van der Waals surface area contributed by atoms with Crippen molar-refractivity contribution in [2.24, 2.45) is 11.3 Å². The van der Waals surface area contributed by atoms with Gasteiger partial charge in [0.05, 0.1) is 0 Å². The highest BCUT2D eigenvalue weighted by Gasteiger charge is 2.42. The fraction of sp³-hybridized carbons (Fsp3) is 0.909. The molecule has 1 aliphatic rings. The van der Waals surface area contributed by atoms with Crippen LogP contribution in [0, 0.1) is 11.3 Å². The van der Waals surface area contributed by atoms with Gasteiger partial charge in [0.1, 0.15) is 0 Å². The van der Waals surface area contributed by atoms with Crippen molar-refractivity contribution in [3.05, 3.63) is 0 Å². The molecular formula is C11H21NO2. The second kappa shape index (κ2) is 3.79. The third kappa shape index (κ3) is 2.02. The molecule has 3 heteroatoms. The van der Waals surface area contributed by atoms with Crippen LogP contribution < -0.4 is 0 Å². The van der Waals surface area contributed by atoms with E-state index in [4.69, 9.17) is 5.11 Å². The smallest absolute Gasteiger partial charge is 0.407 e. The van der Waals surface area contributed by atoms with Crippen LogP contribution in [0.25, 0.3) is 0 Å². The monoisotopic (exact) mass is 199 g/mol. The quantitative estimate of drug-likeness (QED) is 0.705. The topological polar surface area (TPSA) is 40.5 Å². The molecule has 0 aromatic carbocycles. The van der Waals surface area contributed by atoms with Crippen LogP contribution in [0.3, 0.4) is 0 Å². The number of rotatable bonds is 1. The van der Waals surface area contributed by atoms with Crippen molar-refractivity contribution in [3.8, 4) is 0 Å². The first kappa shape index (κ1) is 11.3. The molecule has 0 bridgehead atoms.